The Morgan fingerprint density at radius 2 is 2.00 bits per heavy atom. The van der Waals surface area contributed by atoms with Crippen LogP contribution in [0.15, 0.2) is 18.5 Å². The van der Waals surface area contributed by atoms with E-state index in [1.165, 1.54) is 5.56 Å². The molecule has 1 aromatic heterocycles. The molecule has 58 valence electrons. The van der Waals surface area contributed by atoms with Crippen molar-refractivity contribution in [2.24, 2.45) is 0 Å². The van der Waals surface area contributed by atoms with E-state index >= 15 is 0 Å². The van der Waals surface area contributed by atoms with E-state index in [4.69, 9.17) is 7.85 Å². The first-order valence-electron chi connectivity index (χ1n) is 4.02. The van der Waals surface area contributed by atoms with Gasteiger partial charge in [0.2, 0.25) is 0 Å². The normalized spacial score (nSPS) is 8.27. The van der Waals surface area contributed by atoms with Gasteiger partial charge in [-0.05, 0) is 12.0 Å². The molecule has 1 aromatic rings. The van der Waals surface area contributed by atoms with Gasteiger partial charge in [0, 0.05) is 12.4 Å². The molecular formula is C9H14BN. The number of rotatable bonds is 1. The molecule has 0 spiro atoms. The van der Waals surface area contributed by atoms with E-state index in [2.05, 4.69) is 11.9 Å². The van der Waals surface area contributed by atoms with Crippen LogP contribution in [0.4, 0.5) is 0 Å². The molecule has 0 atom stereocenters. The van der Waals surface area contributed by atoms with Crippen molar-refractivity contribution in [1.29, 1.82) is 0 Å². The third-order valence-corrected chi connectivity index (χ3v) is 1.22. The molecule has 2 heteroatoms. The highest BCUT2D eigenvalue weighted by atomic mass is 14.6. The van der Waals surface area contributed by atoms with Crippen LogP contribution in [-0.2, 0) is 6.42 Å². The van der Waals surface area contributed by atoms with Gasteiger partial charge in [0.1, 0.15) is 7.85 Å². The molecule has 0 amide bonds. The molecule has 1 rings (SSSR count). The summed E-state index contributed by atoms with van der Waals surface area (Å²) in [6.45, 7) is 6.08. The topological polar surface area (TPSA) is 12.9 Å². The number of hydrogen-bond donors (Lipinski definition) is 0. The molecule has 1 nitrogen and oxygen atoms in total. The molecule has 0 bridgehead atoms. The fourth-order valence-corrected chi connectivity index (χ4v) is 0.701. The molecule has 0 saturated heterocycles. The summed E-state index contributed by atoms with van der Waals surface area (Å²) in [4.78, 5) is 3.93. The van der Waals surface area contributed by atoms with E-state index in [-0.39, 0.29) is 0 Å². The van der Waals surface area contributed by atoms with Gasteiger partial charge in [-0.2, -0.15) is 0 Å². The first kappa shape index (κ1) is 10.2. The maximum atomic E-state index is 5.47. The summed E-state index contributed by atoms with van der Waals surface area (Å²) in [5.41, 5.74) is 1.93. The summed E-state index contributed by atoms with van der Waals surface area (Å²) in [6.07, 6.45) is 4.48. The third kappa shape index (κ3) is 3.81. The number of hydrogen-bond acceptors (Lipinski definition) is 1. The highest BCUT2D eigenvalue weighted by molar-refractivity contribution is 6.32. The van der Waals surface area contributed by atoms with E-state index in [1.807, 2.05) is 26.1 Å². The SMILES string of the molecule is CC.[B]c1cncc(CC)c1. The highest BCUT2D eigenvalue weighted by Crippen LogP contribution is 1.91. The zero-order chi connectivity index (χ0) is 8.69. The molecule has 0 fully saturated rings. The van der Waals surface area contributed by atoms with E-state index in [0.717, 1.165) is 11.9 Å². The zero-order valence-electron chi connectivity index (χ0n) is 7.46. The van der Waals surface area contributed by atoms with E-state index in [9.17, 15) is 0 Å². The first-order chi connectivity index (χ1) is 5.33. The van der Waals surface area contributed by atoms with Gasteiger partial charge < -0.3 is 0 Å². The van der Waals surface area contributed by atoms with Gasteiger partial charge in [0.25, 0.3) is 0 Å². The Bertz CT molecular complexity index is 199. The minimum absolute atomic E-state index is 0.745. The highest BCUT2D eigenvalue weighted by Gasteiger charge is 1.86. The Hall–Kier alpha value is -0.785. The fraction of sp³-hybridized carbons (Fsp3) is 0.444. The predicted molar refractivity (Wildman–Crippen MR) is 50.4 cm³/mol. The maximum absolute atomic E-state index is 5.47. The van der Waals surface area contributed by atoms with Gasteiger partial charge in [-0.1, -0.05) is 32.3 Å². The van der Waals surface area contributed by atoms with Crippen LogP contribution in [0, 0.1) is 0 Å². The molecule has 2 radical (unpaired) electrons. The van der Waals surface area contributed by atoms with Crippen molar-refractivity contribution in [2.75, 3.05) is 0 Å². The molecular weight excluding hydrogens is 133 g/mol. The van der Waals surface area contributed by atoms with Crippen molar-refractivity contribution in [2.45, 2.75) is 27.2 Å². The van der Waals surface area contributed by atoms with Gasteiger partial charge in [0.05, 0.1) is 0 Å². The van der Waals surface area contributed by atoms with Crippen molar-refractivity contribution >= 4 is 13.3 Å². The Morgan fingerprint density at radius 1 is 1.36 bits per heavy atom. The molecule has 1 heterocycles. The summed E-state index contributed by atoms with van der Waals surface area (Å²) in [5.74, 6) is 0. The standard InChI is InChI=1S/C7H8BN.C2H6/c1-2-6-3-7(8)5-9-4-6;1-2/h3-5H,2H2,1H3;1-2H3. The average Bonchev–Trinajstić information content (AvgIpc) is 2.08. The van der Waals surface area contributed by atoms with Crippen molar-refractivity contribution in [3.05, 3.63) is 24.0 Å². The lowest BCUT2D eigenvalue weighted by molar-refractivity contribution is 1.11. The number of aryl methyl sites for hydroxylation is 1. The molecule has 0 aliphatic heterocycles. The summed E-state index contributed by atoms with van der Waals surface area (Å²) in [7, 11) is 5.47. The van der Waals surface area contributed by atoms with Crippen LogP contribution in [0.3, 0.4) is 0 Å². The fourth-order valence-electron chi connectivity index (χ4n) is 0.701. The van der Waals surface area contributed by atoms with Gasteiger partial charge in [-0.3, -0.25) is 4.98 Å². The minimum Gasteiger partial charge on any atom is -0.265 e. The van der Waals surface area contributed by atoms with Gasteiger partial charge in [0.15, 0.2) is 0 Å². The molecule has 0 unspecified atom stereocenters. The Balaban J connectivity index is 0.000000461. The van der Waals surface area contributed by atoms with Crippen molar-refractivity contribution in [3.8, 4) is 0 Å². The van der Waals surface area contributed by atoms with E-state index < -0.39 is 0 Å². The van der Waals surface area contributed by atoms with Crippen molar-refractivity contribution < 1.29 is 0 Å². The second kappa shape index (κ2) is 5.96. The summed E-state index contributed by atoms with van der Waals surface area (Å²) >= 11 is 0. The molecule has 0 aromatic carbocycles. The van der Waals surface area contributed by atoms with Crippen LogP contribution in [0.25, 0.3) is 0 Å². The van der Waals surface area contributed by atoms with Gasteiger partial charge >= 0.3 is 0 Å². The summed E-state index contributed by atoms with van der Waals surface area (Å²) in [5, 5.41) is 0. The number of pyridine rings is 1. The summed E-state index contributed by atoms with van der Waals surface area (Å²) < 4.78 is 0. The minimum atomic E-state index is 0.745. The van der Waals surface area contributed by atoms with Gasteiger partial charge in [-0.15, -0.1) is 0 Å². The van der Waals surface area contributed by atoms with Crippen molar-refractivity contribution in [1.82, 2.24) is 4.98 Å². The average molecular weight is 147 g/mol. The molecule has 0 aliphatic rings. The zero-order valence-corrected chi connectivity index (χ0v) is 7.46. The largest absolute Gasteiger partial charge is 0.265 e. The quantitative estimate of drug-likeness (QED) is 0.548. The lowest BCUT2D eigenvalue weighted by Gasteiger charge is -1.94. The molecule has 0 saturated carbocycles. The van der Waals surface area contributed by atoms with Crippen LogP contribution in [0.5, 0.6) is 0 Å². The second-order valence-corrected chi connectivity index (χ2v) is 1.98. The van der Waals surface area contributed by atoms with Crippen LogP contribution in [-0.4, -0.2) is 12.8 Å². The Kier molecular flexibility index (Phi) is 5.53. The monoisotopic (exact) mass is 147 g/mol. The number of nitrogens with zero attached hydrogens (tertiary/aromatic N) is 1. The van der Waals surface area contributed by atoms with Crippen LogP contribution >= 0.6 is 0 Å². The van der Waals surface area contributed by atoms with Crippen LogP contribution in [0.1, 0.15) is 26.3 Å². The van der Waals surface area contributed by atoms with E-state index in [0.29, 0.717) is 0 Å². The lowest BCUT2D eigenvalue weighted by Crippen LogP contribution is -2.03. The second-order valence-electron chi connectivity index (χ2n) is 1.98. The van der Waals surface area contributed by atoms with Crippen LogP contribution in [0.2, 0.25) is 0 Å². The lowest BCUT2D eigenvalue weighted by atomic mass is 9.97. The smallest absolute Gasteiger partial charge is 0.115 e. The molecule has 0 N–H and O–H groups in total. The van der Waals surface area contributed by atoms with Gasteiger partial charge in [-0.25, -0.2) is 0 Å². The maximum Gasteiger partial charge on any atom is 0.115 e. The van der Waals surface area contributed by atoms with Crippen molar-refractivity contribution in [3.63, 3.8) is 0 Å². The molecule has 11 heavy (non-hydrogen) atoms. The van der Waals surface area contributed by atoms with E-state index in [1.54, 1.807) is 6.20 Å². The molecule has 0 aliphatic carbocycles. The number of aromatic nitrogens is 1. The predicted octanol–water partition coefficient (Wildman–Crippen LogP) is 1.46. The Labute approximate surface area is 70.3 Å². The first-order valence-corrected chi connectivity index (χ1v) is 4.02. The Morgan fingerprint density at radius 3 is 2.36 bits per heavy atom. The van der Waals surface area contributed by atoms with Crippen LogP contribution < -0.4 is 5.46 Å². The summed E-state index contributed by atoms with van der Waals surface area (Å²) in [6, 6.07) is 1.94. The third-order valence-electron chi connectivity index (χ3n) is 1.22.